The van der Waals surface area contributed by atoms with Crippen LogP contribution in [0.3, 0.4) is 0 Å². The number of aliphatic hydroxyl groups is 3. The van der Waals surface area contributed by atoms with E-state index in [1.165, 1.54) is 13.8 Å². The summed E-state index contributed by atoms with van der Waals surface area (Å²) >= 11 is 0. The lowest BCUT2D eigenvalue weighted by molar-refractivity contribution is -0.138. The Morgan fingerprint density at radius 2 is 0.915 bits per heavy atom. The number of nitrogens with one attached hydrogen (secondary N) is 11. The molecule has 0 spiro atoms. The normalized spacial score (nSPS) is 23.8. The van der Waals surface area contributed by atoms with E-state index in [9.17, 15) is 68.1 Å². The van der Waals surface area contributed by atoms with Crippen LogP contribution >= 0.6 is 0 Å². The summed E-state index contributed by atoms with van der Waals surface area (Å²) in [7, 11) is 0. The van der Waals surface area contributed by atoms with Crippen LogP contribution in [0.15, 0.2) is 0 Å². The predicted octanol–water partition coefficient (Wildman–Crippen LogP) is -6.86. The Labute approximate surface area is 480 Å². The highest BCUT2D eigenvalue weighted by Crippen LogP contribution is 2.14. The van der Waals surface area contributed by atoms with E-state index in [1.54, 1.807) is 27.7 Å². The second-order valence-electron chi connectivity index (χ2n) is 21.8. The standard InChI is InChI=1S/C52H98N16O14/c1-9-28(6)10-11-39(71)50(80)63-35(16-22-57)47(77)68-41(30(8)70)52(82)64-33(14-20-55)43(73)62-36-17-23-58-51(81)40(29(7)69)67-46(76)34(15-21-56)60-42(72)31(12-18-53)61-48(78)37(24-26(2)3)66-49(79)38(25-27(4)5)65-44(74)32(13-19-54)59-45(36)75/h26-41,69-71H,9-25,53-57H2,1-8H3,(H,58,81)(H,59,75)(H,60,72)(H,61,78)(H,62,73)(H,63,80)(H,64,82)(H,65,74)(H,66,79)(H,67,76)(H,68,77)/t28?,29-,30-,31+,32+,33+,34+,35+,36+,37+,38-,39?,40+,41+/m1/s1. The van der Waals surface area contributed by atoms with E-state index >= 15 is 0 Å². The van der Waals surface area contributed by atoms with Crippen LogP contribution in [0.1, 0.15) is 126 Å². The van der Waals surface area contributed by atoms with Gasteiger partial charge >= 0.3 is 0 Å². The van der Waals surface area contributed by atoms with Crippen molar-refractivity contribution in [2.45, 2.75) is 205 Å². The molecule has 2 unspecified atom stereocenters. The van der Waals surface area contributed by atoms with Gasteiger partial charge in [-0.25, -0.2) is 0 Å². The molecule has 0 radical (unpaired) electrons. The molecule has 82 heavy (non-hydrogen) atoms. The largest absolute Gasteiger partial charge is 0.391 e. The molecule has 1 saturated heterocycles. The smallest absolute Gasteiger partial charge is 0.249 e. The van der Waals surface area contributed by atoms with Gasteiger partial charge in [-0.05, 0) is 129 Å². The Morgan fingerprint density at radius 1 is 0.500 bits per heavy atom. The molecule has 1 aliphatic rings. The molecular formula is C52H98N16O14. The lowest BCUT2D eigenvalue weighted by atomic mass is 9.99. The van der Waals surface area contributed by atoms with Crippen LogP contribution in [0.25, 0.3) is 0 Å². The summed E-state index contributed by atoms with van der Waals surface area (Å²) in [5.41, 5.74) is 29.2. The van der Waals surface area contributed by atoms with Gasteiger partial charge in [-0.1, -0.05) is 48.0 Å². The first-order valence-corrected chi connectivity index (χ1v) is 28.4. The Morgan fingerprint density at radius 3 is 1.33 bits per heavy atom. The molecule has 0 aromatic heterocycles. The van der Waals surface area contributed by atoms with Crippen molar-refractivity contribution in [2.24, 2.45) is 46.4 Å². The summed E-state index contributed by atoms with van der Waals surface area (Å²) in [4.78, 5) is 153. The van der Waals surface area contributed by atoms with Gasteiger partial charge in [0.05, 0.1) is 12.2 Å². The van der Waals surface area contributed by atoms with E-state index < -0.39 is 157 Å². The highest BCUT2D eigenvalue weighted by molar-refractivity contribution is 5.99. The van der Waals surface area contributed by atoms with Gasteiger partial charge in [0, 0.05) is 6.54 Å². The maximum atomic E-state index is 14.4. The maximum absolute atomic E-state index is 14.4. The van der Waals surface area contributed by atoms with Gasteiger partial charge in [0.2, 0.25) is 65.0 Å². The second kappa shape index (κ2) is 38.6. The molecule has 470 valence electrons. The minimum absolute atomic E-state index is 0.0347. The summed E-state index contributed by atoms with van der Waals surface area (Å²) in [6.07, 6.45) is -4.50. The quantitative estimate of drug-likeness (QED) is 0.0346. The summed E-state index contributed by atoms with van der Waals surface area (Å²) < 4.78 is 0. The van der Waals surface area contributed by atoms with Crippen LogP contribution < -0.4 is 87.2 Å². The zero-order valence-electron chi connectivity index (χ0n) is 49.0. The van der Waals surface area contributed by atoms with Crippen LogP contribution in [-0.2, 0) is 52.7 Å². The van der Waals surface area contributed by atoms with Crippen molar-refractivity contribution in [1.82, 2.24) is 58.5 Å². The Balaban J connectivity index is 3.85. The van der Waals surface area contributed by atoms with Crippen LogP contribution in [0.2, 0.25) is 0 Å². The molecule has 1 rings (SSSR count). The third-order valence-corrected chi connectivity index (χ3v) is 13.5. The molecule has 0 aromatic rings. The number of hydrogen-bond acceptors (Lipinski definition) is 19. The van der Waals surface area contributed by atoms with Crippen molar-refractivity contribution in [3.05, 3.63) is 0 Å². The van der Waals surface area contributed by atoms with Gasteiger partial charge in [0.1, 0.15) is 66.5 Å². The molecule has 0 saturated carbocycles. The van der Waals surface area contributed by atoms with E-state index in [1.807, 2.05) is 13.8 Å². The van der Waals surface area contributed by atoms with E-state index in [4.69, 9.17) is 28.7 Å². The first-order valence-electron chi connectivity index (χ1n) is 28.4. The molecule has 30 heteroatoms. The van der Waals surface area contributed by atoms with Crippen LogP contribution in [-0.4, -0.2) is 198 Å². The van der Waals surface area contributed by atoms with Gasteiger partial charge < -0.3 is 102 Å². The van der Waals surface area contributed by atoms with Gasteiger partial charge in [0.15, 0.2) is 0 Å². The van der Waals surface area contributed by atoms with E-state index in [0.29, 0.717) is 6.42 Å². The Bertz CT molecular complexity index is 2090. The summed E-state index contributed by atoms with van der Waals surface area (Å²) in [6.45, 7) is 12.1. The molecule has 14 atom stereocenters. The molecule has 11 amide bonds. The fourth-order valence-electron chi connectivity index (χ4n) is 8.56. The number of hydrogen-bond donors (Lipinski definition) is 19. The molecule has 1 heterocycles. The zero-order chi connectivity index (χ0) is 62.4. The Kier molecular flexibility index (Phi) is 34.8. The lowest BCUT2D eigenvalue weighted by Crippen LogP contribution is -2.62. The fourth-order valence-corrected chi connectivity index (χ4v) is 8.56. The molecule has 30 nitrogen and oxygen atoms in total. The average Bonchev–Trinajstić information content (AvgIpc) is 3.47. The van der Waals surface area contributed by atoms with E-state index in [0.717, 1.165) is 6.42 Å². The number of nitrogens with two attached hydrogens (primary N) is 5. The van der Waals surface area contributed by atoms with Crippen molar-refractivity contribution < 1.29 is 68.1 Å². The summed E-state index contributed by atoms with van der Waals surface area (Å²) in [5, 5.41) is 59.6. The fraction of sp³-hybridized carbons (Fsp3) is 0.788. The highest BCUT2D eigenvalue weighted by Gasteiger charge is 2.38. The molecule has 1 fully saturated rings. The van der Waals surface area contributed by atoms with Crippen LogP contribution in [0.4, 0.5) is 0 Å². The average molecular weight is 1170 g/mol. The summed E-state index contributed by atoms with van der Waals surface area (Å²) in [5.74, 6) is -10.5. The number of rotatable bonds is 28. The Hall–Kier alpha value is -6.15. The zero-order valence-corrected chi connectivity index (χ0v) is 49.0. The molecular weight excluding hydrogens is 1070 g/mol. The first kappa shape index (κ1) is 73.9. The number of amides is 11. The van der Waals surface area contributed by atoms with Crippen molar-refractivity contribution in [3.63, 3.8) is 0 Å². The summed E-state index contributed by atoms with van der Waals surface area (Å²) in [6, 6.07) is -14.9. The predicted molar refractivity (Wildman–Crippen MR) is 302 cm³/mol. The third kappa shape index (κ3) is 26.4. The maximum Gasteiger partial charge on any atom is 0.249 e. The monoisotopic (exact) mass is 1170 g/mol. The van der Waals surface area contributed by atoms with Crippen LogP contribution in [0.5, 0.6) is 0 Å². The highest BCUT2D eigenvalue weighted by atomic mass is 16.3. The van der Waals surface area contributed by atoms with Crippen molar-refractivity contribution in [3.8, 4) is 0 Å². The van der Waals surface area contributed by atoms with Crippen LogP contribution in [0, 0.1) is 17.8 Å². The lowest BCUT2D eigenvalue weighted by Gasteiger charge is -2.29. The molecule has 24 N–H and O–H groups in total. The van der Waals surface area contributed by atoms with Gasteiger partial charge in [-0.2, -0.15) is 0 Å². The second-order valence-corrected chi connectivity index (χ2v) is 21.8. The third-order valence-electron chi connectivity index (χ3n) is 13.5. The first-order chi connectivity index (χ1) is 38.6. The molecule has 0 aliphatic carbocycles. The van der Waals surface area contributed by atoms with Gasteiger partial charge in [0.25, 0.3) is 0 Å². The number of aliphatic hydroxyl groups excluding tert-OH is 3. The van der Waals surface area contributed by atoms with Crippen molar-refractivity contribution in [1.29, 1.82) is 0 Å². The van der Waals surface area contributed by atoms with E-state index in [-0.39, 0.29) is 102 Å². The number of carbonyl (C=O) groups excluding carboxylic acids is 11. The van der Waals surface area contributed by atoms with Crippen molar-refractivity contribution in [2.75, 3.05) is 39.3 Å². The molecule has 0 bridgehead atoms. The SMILES string of the molecule is CCC(C)CCC(O)C(=O)N[C@@H](CCN)C(=O)N[C@H](C(=O)N[C@@H](CCN)C(=O)N[C@H]1CCNC(=O)[C@H]([C@@H](C)O)NC(=O)[C@H](CCN)NC(=O)[C@H](CCN)NC(=O)[C@H](CC(C)C)NC(=O)[C@@H](CC(C)C)NC(=O)[C@H](CCN)NC1=O)[C@@H](C)O. The van der Waals surface area contributed by atoms with Crippen molar-refractivity contribution >= 4 is 65.0 Å². The minimum Gasteiger partial charge on any atom is -0.391 e. The molecule has 1 aliphatic heterocycles. The van der Waals surface area contributed by atoms with E-state index in [2.05, 4.69) is 58.5 Å². The number of carbonyl (C=O) groups is 11. The minimum atomic E-state index is -1.76. The topological polar surface area (TPSA) is 511 Å². The molecule has 0 aromatic carbocycles. The van der Waals surface area contributed by atoms with Gasteiger partial charge in [-0.15, -0.1) is 0 Å². The van der Waals surface area contributed by atoms with Gasteiger partial charge in [-0.3, -0.25) is 52.7 Å².